The van der Waals surface area contributed by atoms with Gasteiger partial charge in [-0.1, -0.05) is 42.0 Å². The van der Waals surface area contributed by atoms with Crippen LogP contribution in [0.3, 0.4) is 0 Å². The number of nitrogens with zero attached hydrogens (tertiary/aromatic N) is 3. The zero-order valence-corrected chi connectivity index (χ0v) is 22.9. The first-order valence-electron chi connectivity index (χ1n) is 13.1. The zero-order chi connectivity index (χ0) is 30.4. The highest BCUT2D eigenvalue weighted by Gasteiger charge is 2.43. The minimum Gasteiger partial charge on any atom is -0.481 e. The van der Waals surface area contributed by atoms with Crippen molar-refractivity contribution in [2.75, 3.05) is 23.7 Å². The van der Waals surface area contributed by atoms with Crippen molar-refractivity contribution in [1.29, 1.82) is 0 Å². The van der Waals surface area contributed by atoms with E-state index in [9.17, 15) is 34.4 Å². The number of nitrogens with one attached hydrogen (secondary N) is 3. The Bertz CT molecular complexity index is 1510. The van der Waals surface area contributed by atoms with Crippen LogP contribution in [-0.4, -0.2) is 63.0 Å². The number of nitro benzene ring substituents is 1. The lowest BCUT2D eigenvalue weighted by atomic mass is 10.0. The summed E-state index contributed by atoms with van der Waals surface area (Å²) >= 11 is 0. The maximum absolute atomic E-state index is 13.8. The zero-order valence-electron chi connectivity index (χ0n) is 22.9. The number of hydrogen-bond donors (Lipinski definition) is 4. The average molecular weight is 575 g/mol. The molecule has 1 aliphatic rings. The van der Waals surface area contributed by atoms with Crippen LogP contribution in [0.5, 0.6) is 0 Å². The highest BCUT2D eigenvalue weighted by molar-refractivity contribution is 5.98. The molecule has 1 fully saturated rings. The van der Waals surface area contributed by atoms with Gasteiger partial charge in [0, 0.05) is 36.6 Å². The molecule has 13 heteroatoms. The molecule has 2 unspecified atom stereocenters. The second-order valence-electron chi connectivity index (χ2n) is 9.87. The number of carboxylic acid groups (broad SMARTS) is 1. The van der Waals surface area contributed by atoms with Gasteiger partial charge in [0.25, 0.3) is 11.6 Å². The Labute approximate surface area is 241 Å². The predicted molar refractivity (Wildman–Crippen MR) is 154 cm³/mol. The predicted octanol–water partition coefficient (Wildman–Crippen LogP) is 4.25. The third-order valence-corrected chi connectivity index (χ3v) is 6.68. The Hall–Kier alpha value is -5.46. The van der Waals surface area contributed by atoms with Crippen LogP contribution in [0.25, 0.3) is 0 Å². The monoisotopic (exact) mass is 574 g/mol. The normalized spacial score (nSPS) is 15.0. The molecule has 0 radical (unpaired) electrons. The van der Waals surface area contributed by atoms with E-state index in [1.54, 1.807) is 42.5 Å². The standard InChI is InChI=1S/C29H30N6O7/c1-18-9-11-21(12-10-18)30-28(39)33-13-14-34(29(40)31-22-7-3-5-19(2)15-22)27(33)26(38)32-24(17-25(36)37)20-6-4-8-23(16-20)35(41)42/h3-12,15-16,24,27H,13-14,17H2,1-2H3,(H,30,39)(H,31,40)(H,32,38)(H,36,37). The van der Waals surface area contributed by atoms with Gasteiger partial charge in [0.05, 0.1) is 17.4 Å². The topological polar surface area (TPSA) is 174 Å². The molecule has 5 amide bonds. The van der Waals surface area contributed by atoms with Crippen molar-refractivity contribution < 1.29 is 29.2 Å². The lowest BCUT2D eigenvalue weighted by Gasteiger charge is -2.31. The minimum atomic E-state index is -1.45. The average Bonchev–Trinajstić information content (AvgIpc) is 3.40. The lowest BCUT2D eigenvalue weighted by molar-refractivity contribution is -0.384. The highest BCUT2D eigenvalue weighted by atomic mass is 16.6. The molecule has 2 atom stereocenters. The first kappa shape index (κ1) is 29.5. The summed E-state index contributed by atoms with van der Waals surface area (Å²) in [6.07, 6.45) is -2.04. The Morgan fingerprint density at radius 3 is 2.10 bits per heavy atom. The number of carbonyl (C=O) groups is 4. The number of carboxylic acids is 1. The van der Waals surface area contributed by atoms with Crippen molar-refractivity contribution in [3.05, 3.63) is 99.6 Å². The van der Waals surface area contributed by atoms with Crippen molar-refractivity contribution in [2.45, 2.75) is 32.5 Å². The Morgan fingerprint density at radius 1 is 0.881 bits per heavy atom. The van der Waals surface area contributed by atoms with Crippen LogP contribution in [0.2, 0.25) is 0 Å². The van der Waals surface area contributed by atoms with E-state index in [2.05, 4.69) is 16.0 Å². The fraction of sp³-hybridized carbons (Fsp3) is 0.241. The maximum Gasteiger partial charge on any atom is 0.323 e. The summed E-state index contributed by atoms with van der Waals surface area (Å²) in [6.45, 7) is 3.77. The number of hydrogen-bond acceptors (Lipinski definition) is 6. The summed E-state index contributed by atoms with van der Waals surface area (Å²) in [6, 6.07) is 16.9. The summed E-state index contributed by atoms with van der Waals surface area (Å²) in [5.74, 6) is -2.09. The molecular weight excluding hydrogens is 544 g/mol. The van der Waals surface area contributed by atoms with Crippen LogP contribution >= 0.6 is 0 Å². The summed E-state index contributed by atoms with van der Waals surface area (Å²) in [5, 5.41) is 28.9. The summed E-state index contributed by atoms with van der Waals surface area (Å²) in [5.41, 5.74) is 2.75. The summed E-state index contributed by atoms with van der Waals surface area (Å²) in [4.78, 5) is 65.2. The van der Waals surface area contributed by atoms with Crippen LogP contribution in [0.15, 0.2) is 72.8 Å². The second-order valence-corrected chi connectivity index (χ2v) is 9.87. The molecule has 1 aliphatic heterocycles. The largest absolute Gasteiger partial charge is 0.481 e. The Morgan fingerprint density at radius 2 is 1.50 bits per heavy atom. The number of non-ortho nitro benzene ring substituents is 1. The van der Waals surface area contributed by atoms with Crippen LogP contribution in [0.1, 0.15) is 29.2 Å². The third-order valence-electron chi connectivity index (χ3n) is 6.68. The Balaban J connectivity index is 1.63. The molecule has 3 aromatic carbocycles. The number of benzene rings is 3. The fourth-order valence-corrected chi connectivity index (χ4v) is 4.62. The van der Waals surface area contributed by atoms with Crippen LogP contribution in [-0.2, 0) is 9.59 Å². The van der Waals surface area contributed by atoms with E-state index in [1.807, 2.05) is 19.9 Å². The van der Waals surface area contributed by atoms with E-state index in [0.29, 0.717) is 11.4 Å². The number of urea groups is 2. The van der Waals surface area contributed by atoms with Gasteiger partial charge in [-0.2, -0.15) is 0 Å². The number of anilines is 2. The van der Waals surface area contributed by atoms with Gasteiger partial charge in [-0.15, -0.1) is 0 Å². The minimum absolute atomic E-state index is 0.0113. The number of nitro groups is 1. The van der Waals surface area contributed by atoms with Crippen LogP contribution in [0, 0.1) is 24.0 Å². The number of aliphatic carboxylic acids is 1. The third kappa shape index (κ3) is 7.18. The molecule has 0 bridgehead atoms. The molecule has 0 spiro atoms. The van der Waals surface area contributed by atoms with Crippen molar-refractivity contribution in [2.24, 2.45) is 0 Å². The van der Waals surface area contributed by atoms with Gasteiger partial charge in [-0.05, 0) is 49.2 Å². The van der Waals surface area contributed by atoms with E-state index in [-0.39, 0.29) is 24.3 Å². The number of aryl methyl sites for hydroxylation is 2. The van der Waals surface area contributed by atoms with Gasteiger partial charge >= 0.3 is 18.0 Å². The number of amides is 5. The molecule has 218 valence electrons. The molecular formula is C29H30N6O7. The molecule has 0 aliphatic carbocycles. The van der Waals surface area contributed by atoms with E-state index in [1.165, 1.54) is 34.1 Å². The van der Waals surface area contributed by atoms with Gasteiger partial charge in [0.2, 0.25) is 0 Å². The molecule has 1 saturated heterocycles. The Kier molecular flexibility index (Phi) is 9.00. The van der Waals surface area contributed by atoms with E-state index in [4.69, 9.17) is 0 Å². The quantitative estimate of drug-likeness (QED) is 0.230. The maximum atomic E-state index is 13.8. The van der Waals surface area contributed by atoms with Gasteiger partial charge in [-0.3, -0.25) is 29.5 Å². The summed E-state index contributed by atoms with van der Waals surface area (Å²) < 4.78 is 0. The molecule has 4 rings (SSSR count). The SMILES string of the molecule is Cc1ccc(NC(=O)N2CCN(C(=O)Nc3cccc(C)c3)C2C(=O)NC(CC(=O)O)c2cccc([N+](=O)[O-])c2)cc1. The van der Waals surface area contributed by atoms with E-state index >= 15 is 0 Å². The van der Waals surface area contributed by atoms with Gasteiger partial charge in [0.1, 0.15) is 0 Å². The molecule has 42 heavy (non-hydrogen) atoms. The van der Waals surface area contributed by atoms with Gasteiger partial charge in [0.15, 0.2) is 6.17 Å². The molecule has 0 saturated carbocycles. The molecule has 0 aromatic heterocycles. The first-order valence-corrected chi connectivity index (χ1v) is 13.1. The number of rotatable bonds is 8. The van der Waals surface area contributed by atoms with E-state index in [0.717, 1.165) is 11.1 Å². The molecule has 3 aromatic rings. The first-order chi connectivity index (χ1) is 20.0. The number of carbonyl (C=O) groups excluding carboxylic acids is 3. The smallest absolute Gasteiger partial charge is 0.323 e. The fourth-order valence-electron chi connectivity index (χ4n) is 4.62. The lowest BCUT2D eigenvalue weighted by Crippen LogP contribution is -2.56. The van der Waals surface area contributed by atoms with Crippen LogP contribution in [0.4, 0.5) is 26.7 Å². The van der Waals surface area contributed by atoms with Crippen molar-refractivity contribution in [1.82, 2.24) is 15.1 Å². The van der Waals surface area contributed by atoms with Crippen molar-refractivity contribution in [3.8, 4) is 0 Å². The summed E-state index contributed by atoms with van der Waals surface area (Å²) in [7, 11) is 0. The van der Waals surface area contributed by atoms with Crippen molar-refractivity contribution >= 4 is 41.0 Å². The molecule has 1 heterocycles. The second kappa shape index (κ2) is 12.8. The van der Waals surface area contributed by atoms with E-state index < -0.39 is 47.5 Å². The van der Waals surface area contributed by atoms with Crippen molar-refractivity contribution in [3.63, 3.8) is 0 Å². The van der Waals surface area contributed by atoms with Crippen LogP contribution < -0.4 is 16.0 Å². The van der Waals surface area contributed by atoms with Gasteiger partial charge < -0.3 is 21.1 Å². The van der Waals surface area contributed by atoms with Gasteiger partial charge in [-0.25, -0.2) is 9.59 Å². The highest BCUT2D eigenvalue weighted by Crippen LogP contribution is 2.25. The molecule has 13 nitrogen and oxygen atoms in total. The molecule has 4 N–H and O–H groups in total.